The van der Waals surface area contributed by atoms with E-state index in [0.29, 0.717) is 29.9 Å². The Hall–Kier alpha value is -0.680. The van der Waals surface area contributed by atoms with Gasteiger partial charge in [0, 0.05) is 11.8 Å². The van der Waals surface area contributed by atoms with Crippen LogP contribution in [0.1, 0.15) is 55.5 Å². The average molecular weight is 310 g/mol. The lowest BCUT2D eigenvalue weighted by Gasteiger charge is -2.18. The normalized spacial score (nSPS) is 34.2. The third-order valence-electron chi connectivity index (χ3n) is 4.32. The Morgan fingerprint density at radius 2 is 2.00 bits per heavy atom. The van der Waals surface area contributed by atoms with Gasteiger partial charge in [0.15, 0.2) is 0 Å². The Labute approximate surface area is 114 Å². The third kappa shape index (κ3) is 1.67. The topological polar surface area (TPSA) is 61.0 Å². The van der Waals surface area contributed by atoms with Gasteiger partial charge in [-0.05, 0) is 48.0 Å². The Morgan fingerprint density at radius 1 is 1.17 bits per heavy atom. The van der Waals surface area contributed by atoms with Crippen molar-refractivity contribution in [1.29, 1.82) is 0 Å². The Kier molecular flexibility index (Phi) is 2.42. The van der Waals surface area contributed by atoms with E-state index >= 15 is 0 Å². The van der Waals surface area contributed by atoms with Crippen LogP contribution < -0.4 is 5.73 Å². The number of anilines is 1. The molecule has 1 aromatic heterocycles. The van der Waals surface area contributed by atoms with Gasteiger partial charge in [-0.1, -0.05) is 0 Å². The predicted molar refractivity (Wildman–Crippen MR) is 71.4 cm³/mol. The van der Waals surface area contributed by atoms with Crippen molar-refractivity contribution in [1.82, 2.24) is 9.97 Å². The third-order valence-corrected chi connectivity index (χ3v) is 5.13. The first kappa shape index (κ1) is 11.2. The summed E-state index contributed by atoms with van der Waals surface area (Å²) in [6, 6.07) is 0. The largest absolute Gasteiger partial charge is 0.383 e. The molecule has 2 aliphatic heterocycles. The van der Waals surface area contributed by atoms with E-state index in [2.05, 4.69) is 20.9 Å². The molecule has 0 amide bonds. The molecular formula is C13H16BrN3O. The second kappa shape index (κ2) is 3.90. The van der Waals surface area contributed by atoms with E-state index in [-0.39, 0.29) is 0 Å². The highest BCUT2D eigenvalue weighted by Crippen LogP contribution is 2.47. The van der Waals surface area contributed by atoms with Gasteiger partial charge in [0.05, 0.1) is 22.4 Å². The molecule has 1 aliphatic carbocycles. The van der Waals surface area contributed by atoms with E-state index in [1.807, 2.05) is 0 Å². The molecule has 2 N–H and O–H groups in total. The van der Waals surface area contributed by atoms with Crippen LogP contribution in [0.25, 0.3) is 0 Å². The van der Waals surface area contributed by atoms with Gasteiger partial charge in [-0.3, -0.25) is 0 Å². The summed E-state index contributed by atoms with van der Waals surface area (Å²) in [4.78, 5) is 9.26. The number of rotatable bonds is 2. The maximum Gasteiger partial charge on any atom is 0.141 e. The summed E-state index contributed by atoms with van der Waals surface area (Å²) in [7, 11) is 0. The van der Waals surface area contributed by atoms with Crippen LogP contribution in [-0.4, -0.2) is 22.2 Å². The van der Waals surface area contributed by atoms with Crippen LogP contribution in [0, 0.1) is 0 Å². The fourth-order valence-electron chi connectivity index (χ4n) is 3.20. The van der Waals surface area contributed by atoms with Crippen LogP contribution >= 0.6 is 15.9 Å². The molecule has 0 spiro atoms. The van der Waals surface area contributed by atoms with Gasteiger partial charge in [-0.25, -0.2) is 9.97 Å². The molecule has 96 valence electrons. The molecule has 3 heterocycles. The van der Waals surface area contributed by atoms with E-state index in [1.54, 1.807) is 0 Å². The lowest BCUT2D eigenvalue weighted by molar-refractivity contribution is 0.0998. The van der Waals surface area contributed by atoms with Crippen LogP contribution in [0.15, 0.2) is 4.47 Å². The van der Waals surface area contributed by atoms with Crippen molar-refractivity contribution in [3.63, 3.8) is 0 Å². The Bertz CT molecular complexity index is 503. The molecule has 3 atom stereocenters. The van der Waals surface area contributed by atoms with Gasteiger partial charge in [-0.2, -0.15) is 0 Å². The summed E-state index contributed by atoms with van der Waals surface area (Å²) in [6.45, 7) is 0. The minimum absolute atomic E-state index is 0.322. The highest BCUT2D eigenvalue weighted by atomic mass is 79.9. The van der Waals surface area contributed by atoms with Gasteiger partial charge in [0.1, 0.15) is 11.6 Å². The number of hydrogen-bond acceptors (Lipinski definition) is 4. The standard InChI is InChI=1S/C13H16BrN3O/c14-10-11(6-1-2-6)16-13(17-12(10)15)8-5-7-3-4-9(8)18-7/h6-9H,1-5H2,(H2,15,16,17). The van der Waals surface area contributed by atoms with Crippen LogP contribution in [0.5, 0.6) is 0 Å². The molecular weight excluding hydrogens is 294 g/mol. The number of aromatic nitrogens is 2. The fraction of sp³-hybridized carbons (Fsp3) is 0.692. The monoisotopic (exact) mass is 309 g/mol. The SMILES string of the molecule is Nc1nc(C2CC3CCC2O3)nc(C2CC2)c1Br. The molecule has 3 fully saturated rings. The molecule has 5 heteroatoms. The Morgan fingerprint density at radius 3 is 2.61 bits per heavy atom. The number of hydrogen-bond donors (Lipinski definition) is 1. The van der Waals surface area contributed by atoms with E-state index in [0.717, 1.165) is 28.8 Å². The van der Waals surface area contributed by atoms with Crippen molar-refractivity contribution in [3.8, 4) is 0 Å². The maximum absolute atomic E-state index is 6.01. The number of nitrogens with two attached hydrogens (primary N) is 1. The molecule has 2 bridgehead atoms. The first-order chi connectivity index (χ1) is 8.72. The highest BCUT2D eigenvalue weighted by Gasteiger charge is 2.43. The van der Waals surface area contributed by atoms with Crippen LogP contribution in [0.4, 0.5) is 5.82 Å². The van der Waals surface area contributed by atoms with Gasteiger partial charge in [0.25, 0.3) is 0 Å². The summed E-state index contributed by atoms with van der Waals surface area (Å²) in [5.74, 6) is 2.44. The van der Waals surface area contributed by atoms with Gasteiger partial charge >= 0.3 is 0 Å². The van der Waals surface area contributed by atoms with Crippen molar-refractivity contribution in [2.24, 2.45) is 0 Å². The van der Waals surface area contributed by atoms with Crippen molar-refractivity contribution in [2.45, 2.75) is 56.1 Å². The summed E-state index contributed by atoms with van der Waals surface area (Å²) < 4.78 is 6.79. The smallest absolute Gasteiger partial charge is 0.141 e. The minimum Gasteiger partial charge on any atom is -0.383 e. The second-order valence-electron chi connectivity index (χ2n) is 5.66. The molecule has 0 radical (unpaired) electrons. The fourth-order valence-corrected chi connectivity index (χ4v) is 3.70. The molecule has 4 nitrogen and oxygen atoms in total. The number of nitrogens with zero attached hydrogens (tertiary/aromatic N) is 2. The molecule has 18 heavy (non-hydrogen) atoms. The van der Waals surface area contributed by atoms with Crippen molar-refractivity contribution >= 4 is 21.7 Å². The molecule has 1 aromatic rings. The van der Waals surface area contributed by atoms with Crippen LogP contribution in [-0.2, 0) is 4.74 Å². The lowest BCUT2D eigenvalue weighted by Crippen LogP contribution is -2.18. The molecule has 1 saturated carbocycles. The highest BCUT2D eigenvalue weighted by molar-refractivity contribution is 9.10. The Balaban J connectivity index is 1.72. The molecule has 2 saturated heterocycles. The van der Waals surface area contributed by atoms with E-state index in [4.69, 9.17) is 15.5 Å². The summed E-state index contributed by atoms with van der Waals surface area (Å²) in [5, 5.41) is 0. The number of nitrogen functional groups attached to an aromatic ring is 1. The zero-order valence-corrected chi connectivity index (χ0v) is 11.7. The van der Waals surface area contributed by atoms with Crippen LogP contribution in [0.2, 0.25) is 0 Å². The van der Waals surface area contributed by atoms with Crippen LogP contribution in [0.3, 0.4) is 0 Å². The zero-order valence-electron chi connectivity index (χ0n) is 10.1. The van der Waals surface area contributed by atoms with Gasteiger partial charge in [0.2, 0.25) is 0 Å². The number of fused-ring (bicyclic) bond motifs is 2. The van der Waals surface area contributed by atoms with E-state index in [9.17, 15) is 0 Å². The predicted octanol–water partition coefficient (Wildman–Crippen LogP) is 2.73. The second-order valence-corrected chi connectivity index (χ2v) is 6.45. The summed E-state index contributed by atoms with van der Waals surface area (Å²) in [6.07, 6.45) is 6.61. The molecule has 3 aliphatic rings. The molecule has 4 rings (SSSR count). The van der Waals surface area contributed by atoms with Gasteiger partial charge < -0.3 is 10.5 Å². The lowest BCUT2D eigenvalue weighted by atomic mass is 9.88. The minimum atomic E-state index is 0.322. The van der Waals surface area contributed by atoms with Gasteiger partial charge in [-0.15, -0.1) is 0 Å². The van der Waals surface area contributed by atoms with E-state index < -0.39 is 0 Å². The average Bonchev–Trinajstić information content (AvgIpc) is 2.99. The first-order valence-electron chi connectivity index (χ1n) is 6.70. The first-order valence-corrected chi connectivity index (χ1v) is 7.50. The molecule has 3 unspecified atom stereocenters. The summed E-state index contributed by atoms with van der Waals surface area (Å²) >= 11 is 3.52. The van der Waals surface area contributed by atoms with Crippen molar-refractivity contribution in [2.75, 3.05) is 5.73 Å². The quantitative estimate of drug-likeness (QED) is 0.912. The van der Waals surface area contributed by atoms with Crippen molar-refractivity contribution < 1.29 is 4.74 Å². The maximum atomic E-state index is 6.01. The number of ether oxygens (including phenoxy) is 1. The number of halogens is 1. The molecule has 0 aromatic carbocycles. The summed E-state index contributed by atoms with van der Waals surface area (Å²) in [5.41, 5.74) is 7.13. The van der Waals surface area contributed by atoms with Crippen molar-refractivity contribution in [3.05, 3.63) is 16.0 Å². The zero-order chi connectivity index (χ0) is 12.3. The van der Waals surface area contributed by atoms with E-state index in [1.165, 1.54) is 19.3 Å².